The maximum absolute atomic E-state index is 13.0. The average Bonchev–Trinajstić information content (AvgIpc) is 2.70. The number of hydrogen-bond acceptors (Lipinski definition) is 3. The van der Waals surface area contributed by atoms with E-state index >= 15 is 0 Å². The van der Waals surface area contributed by atoms with Gasteiger partial charge in [-0.05, 0) is 72.1 Å². The highest BCUT2D eigenvalue weighted by Crippen LogP contribution is 2.28. The topological polar surface area (TPSA) is 43.4 Å². The third kappa shape index (κ3) is 5.09. The fraction of sp³-hybridized carbons (Fsp3) is 0.167. The van der Waals surface area contributed by atoms with Crippen LogP contribution in [0.5, 0.6) is 5.75 Å². The van der Waals surface area contributed by atoms with Gasteiger partial charge in [-0.3, -0.25) is 9.59 Å². The standard InChI is InChI=1S/C24H20ClFO3/c1-15(2)22(16-3-9-19(25)10-4-16)24(28)29-21-13-7-18(8-14-21)23(27)17-5-11-20(26)12-6-17/h3-15,22H,1-2H3/t22-/m0/s1. The molecule has 0 aliphatic rings. The third-order valence-corrected chi connectivity index (χ3v) is 4.84. The Morgan fingerprint density at radius 2 is 1.34 bits per heavy atom. The van der Waals surface area contributed by atoms with Crippen molar-refractivity contribution in [2.24, 2.45) is 5.92 Å². The largest absolute Gasteiger partial charge is 0.426 e. The van der Waals surface area contributed by atoms with Gasteiger partial charge < -0.3 is 4.74 Å². The first-order valence-corrected chi connectivity index (χ1v) is 9.60. The second kappa shape index (κ2) is 9.01. The second-order valence-corrected chi connectivity index (χ2v) is 7.49. The maximum Gasteiger partial charge on any atom is 0.319 e. The number of rotatable bonds is 6. The van der Waals surface area contributed by atoms with E-state index in [0.717, 1.165) is 5.56 Å². The van der Waals surface area contributed by atoms with Crippen molar-refractivity contribution >= 4 is 23.4 Å². The van der Waals surface area contributed by atoms with Crippen LogP contribution in [0.1, 0.15) is 41.3 Å². The molecule has 29 heavy (non-hydrogen) atoms. The summed E-state index contributed by atoms with van der Waals surface area (Å²) < 4.78 is 18.6. The van der Waals surface area contributed by atoms with Crippen LogP contribution in [0.3, 0.4) is 0 Å². The van der Waals surface area contributed by atoms with E-state index in [9.17, 15) is 14.0 Å². The highest BCUT2D eigenvalue weighted by molar-refractivity contribution is 6.30. The van der Waals surface area contributed by atoms with E-state index in [0.29, 0.717) is 21.9 Å². The zero-order chi connectivity index (χ0) is 21.0. The van der Waals surface area contributed by atoms with E-state index in [1.54, 1.807) is 36.4 Å². The summed E-state index contributed by atoms with van der Waals surface area (Å²) in [6, 6.07) is 18.8. The zero-order valence-electron chi connectivity index (χ0n) is 16.1. The van der Waals surface area contributed by atoms with Gasteiger partial charge in [0, 0.05) is 16.1 Å². The quantitative estimate of drug-likeness (QED) is 0.282. The summed E-state index contributed by atoms with van der Waals surface area (Å²) in [5, 5.41) is 0.603. The molecular formula is C24H20ClFO3. The van der Waals surface area contributed by atoms with Gasteiger partial charge in [-0.15, -0.1) is 0 Å². The van der Waals surface area contributed by atoms with Crippen molar-refractivity contribution in [2.75, 3.05) is 0 Å². The number of hydrogen-bond donors (Lipinski definition) is 0. The lowest BCUT2D eigenvalue weighted by Crippen LogP contribution is -2.23. The lowest BCUT2D eigenvalue weighted by Gasteiger charge is -2.20. The Kier molecular flexibility index (Phi) is 6.45. The average molecular weight is 411 g/mol. The smallest absolute Gasteiger partial charge is 0.319 e. The van der Waals surface area contributed by atoms with Gasteiger partial charge in [0.2, 0.25) is 0 Å². The van der Waals surface area contributed by atoms with Gasteiger partial charge in [-0.2, -0.15) is 0 Å². The second-order valence-electron chi connectivity index (χ2n) is 7.05. The van der Waals surface area contributed by atoms with Crippen LogP contribution in [-0.4, -0.2) is 11.8 Å². The molecule has 0 aliphatic heterocycles. The number of ether oxygens (including phenoxy) is 1. The number of halogens is 2. The molecule has 0 radical (unpaired) electrons. The fourth-order valence-corrected chi connectivity index (χ4v) is 3.21. The van der Waals surface area contributed by atoms with Crippen LogP contribution in [0.4, 0.5) is 4.39 Å². The van der Waals surface area contributed by atoms with Gasteiger partial charge in [0.05, 0.1) is 5.92 Å². The van der Waals surface area contributed by atoms with Gasteiger partial charge in [0.15, 0.2) is 5.78 Å². The third-order valence-electron chi connectivity index (χ3n) is 4.59. The summed E-state index contributed by atoms with van der Waals surface area (Å²) in [7, 11) is 0. The first kappa shape index (κ1) is 20.7. The normalized spacial score (nSPS) is 11.9. The minimum atomic E-state index is -0.437. The molecule has 0 bridgehead atoms. The molecule has 3 aromatic carbocycles. The van der Waals surface area contributed by atoms with Gasteiger partial charge in [-0.25, -0.2) is 4.39 Å². The monoisotopic (exact) mass is 410 g/mol. The lowest BCUT2D eigenvalue weighted by molar-refractivity contribution is -0.137. The van der Waals surface area contributed by atoms with Crippen molar-refractivity contribution < 1.29 is 18.7 Å². The molecule has 0 N–H and O–H groups in total. The number of carbonyl (C=O) groups is 2. The van der Waals surface area contributed by atoms with Crippen molar-refractivity contribution in [1.82, 2.24) is 0 Å². The highest BCUT2D eigenvalue weighted by Gasteiger charge is 2.26. The predicted octanol–water partition coefficient (Wildman–Crippen LogP) is 6.06. The molecule has 0 saturated carbocycles. The molecule has 148 valence electrons. The Hall–Kier alpha value is -2.98. The summed E-state index contributed by atoms with van der Waals surface area (Å²) in [5.74, 6) is -1.06. The van der Waals surface area contributed by atoms with Crippen LogP contribution in [0.2, 0.25) is 5.02 Å². The SMILES string of the molecule is CC(C)[C@H](C(=O)Oc1ccc(C(=O)c2ccc(F)cc2)cc1)c1ccc(Cl)cc1. The number of carbonyl (C=O) groups excluding carboxylic acids is 2. The van der Waals surface area contributed by atoms with Crippen molar-refractivity contribution in [3.8, 4) is 5.75 Å². The summed E-state index contributed by atoms with van der Waals surface area (Å²) in [6.07, 6.45) is 0. The summed E-state index contributed by atoms with van der Waals surface area (Å²) in [4.78, 5) is 25.2. The van der Waals surface area contributed by atoms with Crippen LogP contribution < -0.4 is 4.74 Å². The summed E-state index contributed by atoms with van der Waals surface area (Å²) in [6.45, 7) is 3.90. The molecule has 0 aliphatic carbocycles. The maximum atomic E-state index is 13.0. The molecule has 1 atom stereocenters. The van der Waals surface area contributed by atoms with Crippen molar-refractivity contribution in [3.63, 3.8) is 0 Å². The Balaban J connectivity index is 1.74. The first-order valence-electron chi connectivity index (χ1n) is 9.22. The molecule has 5 heteroatoms. The van der Waals surface area contributed by atoms with Crippen molar-refractivity contribution in [1.29, 1.82) is 0 Å². The molecule has 0 unspecified atom stereocenters. The first-order chi connectivity index (χ1) is 13.8. The molecular weight excluding hydrogens is 391 g/mol. The predicted molar refractivity (Wildman–Crippen MR) is 111 cm³/mol. The van der Waals surface area contributed by atoms with Gasteiger partial charge in [0.25, 0.3) is 0 Å². The van der Waals surface area contributed by atoms with E-state index in [2.05, 4.69) is 0 Å². The highest BCUT2D eigenvalue weighted by atomic mass is 35.5. The molecule has 0 heterocycles. The van der Waals surface area contributed by atoms with Crippen LogP contribution >= 0.6 is 11.6 Å². The molecule has 3 nitrogen and oxygen atoms in total. The Morgan fingerprint density at radius 1 is 0.828 bits per heavy atom. The van der Waals surface area contributed by atoms with Gasteiger partial charge in [0.1, 0.15) is 11.6 Å². The van der Waals surface area contributed by atoms with E-state index in [4.69, 9.17) is 16.3 Å². The summed E-state index contributed by atoms with van der Waals surface area (Å²) in [5.41, 5.74) is 1.64. The Bertz CT molecular complexity index is 994. The van der Waals surface area contributed by atoms with E-state index in [1.165, 1.54) is 24.3 Å². The molecule has 3 aromatic rings. The molecule has 0 spiro atoms. The molecule has 0 amide bonds. The molecule has 0 aromatic heterocycles. The number of esters is 1. The number of benzene rings is 3. The van der Waals surface area contributed by atoms with Crippen LogP contribution in [0, 0.1) is 11.7 Å². The van der Waals surface area contributed by atoms with Gasteiger partial charge in [-0.1, -0.05) is 37.6 Å². The molecule has 3 rings (SSSR count). The Labute approximate surface area is 174 Å². The Morgan fingerprint density at radius 3 is 1.86 bits per heavy atom. The van der Waals surface area contributed by atoms with Crippen LogP contribution in [-0.2, 0) is 4.79 Å². The van der Waals surface area contributed by atoms with Crippen molar-refractivity contribution in [3.05, 3.63) is 100 Å². The minimum absolute atomic E-state index is 0.0306. The van der Waals surface area contributed by atoms with Crippen LogP contribution in [0.25, 0.3) is 0 Å². The molecule has 0 fully saturated rings. The van der Waals surface area contributed by atoms with Crippen LogP contribution in [0.15, 0.2) is 72.8 Å². The number of ketones is 1. The zero-order valence-corrected chi connectivity index (χ0v) is 16.8. The van der Waals surface area contributed by atoms with E-state index in [1.807, 2.05) is 26.0 Å². The minimum Gasteiger partial charge on any atom is -0.426 e. The van der Waals surface area contributed by atoms with Crippen molar-refractivity contribution in [2.45, 2.75) is 19.8 Å². The summed E-state index contributed by atoms with van der Waals surface area (Å²) >= 11 is 5.94. The molecule has 0 saturated heterocycles. The fourth-order valence-electron chi connectivity index (χ4n) is 3.09. The lowest BCUT2D eigenvalue weighted by atomic mass is 9.88. The van der Waals surface area contributed by atoms with E-state index in [-0.39, 0.29) is 17.7 Å². The van der Waals surface area contributed by atoms with E-state index < -0.39 is 11.7 Å². The van der Waals surface area contributed by atoms with Gasteiger partial charge >= 0.3 is 5.97 Å².